The Morgan fingerprint density at radius 1 is 1.25 bits per heavy atom. The van der Waals surface area contributed by atoms with Crippen LogP contribution in [0.2, 0.25) is 0 Å². The fourth-order valence-electron chi connectivity index (χ4n) is 1.92. The molecule has 0 fully saturated rings. The molecule has 2 rings (SSSR count). The van der Waals surface area contributed by atoms with Crippen molar-refractivity contribution in [3.63, 3.8) is 0 Å². The Bertz CT molecular complexity index is 543. The molecule has 2 N–H and O–H groups in total. The van der Waals surface area contributed by atoms with Gasteiger partial charge in [-0.3, -0.25) is 4.98 Å². The van der Waals surface area contributed by atoms with E-state index in [4.69, 9.17) is 10.5 Å². The van der Waals surface area contributed by atoms with Crippen molar-refractivity contribution in [3.05, 3.63) is 48.3 Å². The maximum absolute atomic E-state index is 5.93. The molecule has 106 valence electrons. The number of anilines is 2. The van der Waals surface area contributed by atoms with Crippen LogP contribution in [0.3, 0.4) is 0 Å². The number of hydrogen-bond donors (Lipinski definition) is 1. The molecule has 0 unspecified atom stereocenters. The molecule has 0 saturated carbocycles. The van der Waals surface area contributed by atoms with Gasteiger partial charge in [0.1, 0.15) is 5.75 Å². The SMILES string of the molecule is CCCOc1cc(N(C)Cc2ccccn2)ccc1N. The molecule has 1 heterocycles. The van der Waals surface area contributed by atoms with Crippen LogP contribution in [0.4, 0.5) is 11.4 Å². The van der Waals surface area contributed by atoms with E-state index in [-0.39, 0.29) is 0 Å². The number of hydrogen-bond acceptors (Lipinski definition) is 4. The van der Waals surface area contributed by atoms with E-state index in [9.17, 15) is 0 Å². The molecule has 4 nitrogen and oxygen atoms in total. The summed E-state index contributed by atoms with van der Waals surface area (Å²) in [4.78, 5) is 6.46. The third-order valence-corrected chi connectivity index (χ3v) is 3.02. The number of ether oxygens (including phenoxy) is 1. The largest absolute Gasteiger partial charge is 0.491 e. The van der Waals surface area contributed by atoms with Crippen molar-refractivity contribution in [3.8, 4) is 5.75 Å². The summed E-state index contributed by atoms with van der Waals surface area (Å²) in [5, 5.41) is 0. The summed E-state index contributed by atoms with van der Waals surface area (Å²) in [5.74, 6) is 0.747. The topological polar surface area (TPSA) is 51.4 Å². The van der Waals surface area contributed by atoms with E-state index in [2.05, 4.69) is 16.8 Å². The third kappa shape index (κ3) is 3.63. The summed E-state index contributed by atoms with van der Waals surface area (Å²) in [5.41, 5.74) is 8.70. The highest BCUT2D eigenvalue weighted by molar-refractivity contribution is 5.62. The van der Waals surface area contributed by atoms with Gasteiger partial charge in [-0.25, -0.2) is 0 Å². The van der Waals surface area contributed by atoms with Gasteiger partial charge in [0.2, 0.25) is 0 Å². The van der Waals surface area contributed by atoms with E-state index < -0.39 is 0 Å². The number of rotatable bonds is 6. The van der Waals surface area contributed by atoms with Crippen molar-refractivity contribution in [2.24, 2.45) is 0 Å². The lowest BCUT2D eigenvalue weighted by molar-refractivity contribution is 0.319. The number of nitrogen functional groups attached to an aromatic ring is 1. The summed E-state index contributed by atoms with van der Waals surface area (Å²) < 4.78 is 5.66. The van der Waals surface area contributed by atoms with Crippen molar-refractivity contribution in [1.29, 1.82) is 0 Å². The van der Waals surface area contributed by atoms with Gasteiger partial charge in [-0.2, -0.15) is 0 Å². The van der Waals surface area contributed by atoms with Gasteiger partial charge in [-0.15, -0.1) is 0 Å². The van der Waals surface area contributed by atoms with E-state index >= 15 is 0 Å². The van der Waals surface area contributed by atoms with Crippen molar-refractivity contribution in [1.82, 2.24) is 4.98 Å². The lowest BCUT2D eigenvalue weighted by Gasteiger charge is -2.20. The number of nitrogens with two attached hydrogens (primary N) is 1. The van der Waals surface area contributed by atoms with Crippen molar-refractivity contribution >= 4 is 11.4 Å². The molecule has 0 atom stereocenters. The quantitative estimate of drug-likeness (QED) is 0.820. The first kappa shape index (κ1) is 14.2. The molecule has 4 heteroatoms. The first-order chi connectivity index (χ1) is 9.70. The maximum Gasteiger partial charge on any atom is 0.144 e. The van der Waals surface area contributed by atoms with E-state index in [0.717, 1.165) is 30.1 Å². The Morgan fingerprint density at radius 3 is 2.80 bits per heavy atom. The fraction of sp³-hybridized carbons (Fsp3) is 0.312. The summed E-state index contributed by atoms with van der Waals surface area (Å²) in [7, 11) is 2.03. The standard InChI is InChI=1S/C16H21N3O/c1-3-10-20-16-11-14(7-8-15(16)17)19(2)12-13-6-4-5-9-18-13/h4-9,11H,3,10,12,17H2,1-2H3. The fourth-order valence-corrected chi connectivity index (χ4v) is 1.92. The minimum absolute atomic E-state index is 0.674. The van der Waals surface area contributed by atoms with E-state index in [1.165, 1.54) is 0 Å². The molecule has 0 aliphatic rings. The smallest absolute Gasteiger partial charge is 0.144 e. The van der Waals surface area contributed by atoms with Crippen LogP contribution in [0.5, 0.6) is 5.75 Å². The van der Waals surface area contributed by atoms with E-state index in [1.807, 2.05) is 49.6 Å². The summed E-state index contributed by atoms with van der Waals surface area (Å²) in [6.07, 6.45) is 2.77. The Kier molecular flexibility index (Phi) is 4.82. The highest BCUT2D eigenvalue weighted by Crippen LogP contribution is 2.28. The van der Waals surface area contributed by atoms with E-state index in [1.54, 1.807) is 0 Å². The van der Waals surface area contributed by atoms with Gasteiger partial charge in [0.15, 0.2) is 0 Å². The van der Waals surface area contributed by atoms with Gasteiger partial charge >= 0.3 is 0 Å². The Balaban J connectivity index is 2.11. The lowest BCUT2D eigenvalue weighted by atomic mass is 10.2. The van der Waals surface area contributed by atoms with Gasteiger partial charge in [0.25, 0.3) is 0 Å². The zero-order valence-electron chi connectivity index (χ0n) is 12.0. The number of aromatic nitrogens is 1. The Morgan fingerprint density at radius 2 is 2.10 bits per heavy atom. The molecule has 0 aliphatic heterocycles. The van der Waals surface area contributed by atoms with Gasteiger partial charge < -0.3 is 15.4 Å². The van der Waals surface area contributed by atoms with Crippen LogP contribution >= 0.6 is 0 Å². The van der Waals surface area contributed by atoms with Crippen molar-refractivity contribution < 1.29 is 4.74 Å². The molecule has 1 aromatic carbocycles. The summed E-state index contributed by atoms with van der Waals surface area (Å²) in [6.45, 7) is 3.50. The van der Waals surface area contributed by atoms with Crippen molar-refractivity contribution in [2.75, 3.05) is 24.3 Å². The highest BCUT2D eigenvalue weighted by Gasteiger charge is 2.07. The van der Waals surface area contributed by atoms with Gasteiger partial charge in [-0.1, -0.05) is 13.0 Å². The monoisotopic (exact) mass is 271 g/mol. The van der Waals surface area contributed by atoms with Crippen LogP contribution in [0.15, 0.2) is 42.6 Å². The number of nitrogens with zero attached hydrogens (tertiary/aromatic N) is 2. The predicted octanol–water partition coefficient (Wildman–Crippen LogP) is 3.09. The zero-order valence-corrected chi connectivity index (χ0v) is 12.0. The van der Waals surface area contributed by atoms with Gasteiger partial charge in [0, 0.05) is 25.0 Å². The average Bonchev–Trinajstić information content (AvgIpc) is 2.47. The molecule has 0 amide bonds. The van der Waals surface area contributed by atoms with Crippen LogP contribution < -0.4 is 15.4 Å². The normalized spacial score (nSPS) is 10.3. The van der Waals surface area contributed by atoms with Crippen LogP contribution in [-0.2, 0) is 6.54 Å². The van der Waals surface area contributed by atoms with Crippen molar-refractivity contribution in [2.45, 2.75) is 19.9 Å². The predicted molar refractivity (Wildman–Crippen MR) is 83.0 cm³/mol. The molecule has 0 radical (unpaired) electrons. The first-order valence-electron chi connectivity index (χ1n) is 6.84. The number of pyridine rings is 1. The molecule has 1 aromatic heterocycles. The second kappa shape index (κ2) is 6.80. The molecule has 0 spiro atoms. The first-order valence-corrected chi connectivity index (χ1v) is 6.84. The molecular formula is C16H21N3O. The van der Waals surface area contributed by atoms with Crippen LogP contribution in [0, 0.1) is 0 Å². The lowest BCUT2D eigenvalue weighted by Crippen LogP contribution is -2.17. The molecule has 2 aromatic rings. The Hall–Kier alpha value is -2.23. The van der Waals surface area contributed by atoms with Crippen LogP contribution in [0.1, 0.15) is 19.0 Å². The molecule has 20 heavy (non-hydrogen) atoms. The van der Waals surface area contributed by atoms with Gasteiger partial charge in [0.05, 0.1) is 24.5 Å². The van der Waals surface area contributed by atoms with Gasteiger partial charge in [-0.05, 0) is 30.7 Å². The molecular weight excluding hydrogens is 250 g/mol. The van der Waals surface area contributed by atoms with E-state index in [0.29, 0.717) is 12.3 Å². The third-order valence-electron chi connectivity index (χ3n) is 3.02. The van der Waals surface area contributed by atoms with Crippen LogP contribution in [-0.4, -0.2) is 18.6 Å². The zero-order chi connectivity index (χ0) is 14.4. The Labute approximate surface area is 120 Å². The molecule has 0 bridgehead atoms. The van der Waals surface area contributed by atoms with Crippen LogP contribution in [0.25, 0.3) is 0 Å². The number of benzene rings is 1. The highest BCUT2D eigenvalue weighted by atomic mass is 16.5. The minimum atomic E-state index is 0.674. The molecule has 0 aliphatic carbocycles. The summed E-state index contributed by atoms with van der Waals surface area (Å²) in [6, 6.07) is 11.8. The molecule has 0 saturated heterocycles. The second-order valence-electron chi connectivity index (χ2n) is 4.75. The second-order valence-corrected chi connectivity index (χ2v) is 4.75. The summed E-state index contributed by atoms with van der Waals surface area (Å²) >= 11 is 0. The maximum atomic E-state index is 5.93. The minimum Gasteiger partial charge on any atom is -0.491 e. The average molecular weight is 271 g/mol.